The molecule has 0 aliphatic carbocycles. The molecule has 1 aromatic heterocycles. The number of benzene rings is 1. The Bertz CT molecular complexity index is 637. The summed E-state index contributed by atoms with van der Waals surface area (Å²) in [5, 5.41) is 13.0. The number of hydrogen-bond acceptors (Lipinski definition) is 4. The number of carbonyl (C=O) groups excluding carboxylic acids is 1. The minimum Gasteiger partial charge on any atom is -0.494 e. The SMILES string of the molecule is CCOc1ccc(C(C#N)C(=O)c2cscc2C)cc1. The van der Waals surface area contributed by atoms with E-state index in [9.17, 15) is 10.1 Å². The number of nitriles is 1. The van der Waals surface area contributed by atoms with E-state index in [1.54, 1.807) is 29.6 Å². The molecule has 102 valence electrons. The van der Waals surface area contributed by atoms with Gasteiger partial charge in [0.15, 0.2) is 5.78 Å². The fourth-order valence-electron chi connectivity index (χ4n) is 1.98. The van der Waals surface area contributed by atoms with E-state index in [-0.39, 0.29) is 5.78 Å². The van der Waals surface area contributed by atoms with Crippen molar-refractivity contribution in [2.45, 2.75) is 19.8 Å². The van der Waals surface area contributed by atoms with Crippen LogP contribution in [0.5, 0.6) is 5.75 Å². The molecule has 2 rings (SSSR count). The topological polar surface area (TPSA) is 50.1 Å². The molecule has 1 heterocycles. The van der Waals surface area contributed by atoms with Crippen LogP contribution in [0.25, 0.3) is 0 Å². The Labute approximate surface area is 122 Å². The van der Waals surface area contributed by atoms with Gasteiger partial charge in [0.1, 0.15) is 11.7 Å². The molecule has 0 amide bonds. The maximum Gasteiger partial charge on any atom is 0.185 e. The number of carbonyl (C=O) groups is 1. The van der Waals surface area contributed by atoms with E-state index in [0.29, 0.717) is 17.7 Å². The molecule has 1 atom stereocenters. The third-order valence-electron chi connectivity index (χ3n) is 3.04. The highest BCUT2D eigenvalue weighted by Crippen LogP contribution is 2.25. The molecule has 0 N–H and O–H groups in total. The molecule has 4 heteroatoms. The van der Waals surface area contributed by atoms with Crippen LogP contribution in [0.1, 0.15) is 34.3 Å². The lowest BCUT2D eigenvalue weighted by Crippen LogP contribution is -2.11. The Balaban J connectivity index is 2.27. The van der Waals surface area contributed by atoms with Crippen LogP contribution >= 0.6 is 11.3 Å². The molecular formula is C16H15NO2S. The zero-order chi connectivity index (χ0) is 14.5. The number of aryl methyl sites for hydroxylation is 1. The first-order chi connectivity index (χ1) is 9.67. The fraction of sp³-hybridized carbons (Fsp3) is 0.250. The summed E-state index contributed by atoms with van der Waals surface area (Å²) in [5.41, 5.74) is 2.26. The molecule has 20 heavy (non-hydrogen) atoms. The quantitative estimate of drug-likeness (QED) is 0.782. The number of Topliss-reactive ketones (excluding diaryl/α,β-unsaturated/α-hetero) is 1. The van der Waals surface area contributed by atoms with Gasteiger partial charge in [-0.2, -0.15) is 16.6 Å². The normalized spacial score (nSPS) is 11.7. The van der Waals surface area contributed by atoms with Crippen molar-refractivity contribution in [2.24, 2.45) is 0 Å². The van der Waals surface area contributed by atoms with Gasteiger partial charge < -0.3 is 4.74 Å². The van der Waals surface area contributed by atoms with Crippen LogP contribution in [-0.2, 0) is 0 Å². The Morgan fingerprint density at radius 3 is 2.55 bits per heavy atom. The van der Waals surface area contributed by atoms with Gasteiger partial charge in [0, 0.05) is 10.9 Å². The van der Waals surface area contributed by atoms with Gasteiger partial charge in [-0.3, -0.25) is 4.79 Å². The molecule has 0 fully saturated rings. The second-order valence-electron chi connectivity index (χ2n) is 4.40. The lowest BCUT2D eigenvalue weighted by molar-refractivity contribution is 0.0978. The fourth-order valence-corrected chi connectivity index (χ4v) is 2.81. The van der Waals surface area contributed by atoms with Gasteiger partial charge in [0.05, 0.1) is 12.7 Å². The highest BCUT2D eigenvalue weighted by atomic mass is 32.1. The molecule has 0 spiro atoms. The molecule has 0 aliphatic heterocycles. The zero-order valence-electron chi connectivity index (χ0n) is 11.4. The van der Waals surface area contributed by atoms with Gasteiger partial charge in [0.2, 0.25) is 0 Å². The van der Waals surface area contributed by atoms with Crippen molar-refractivity contribution < 1.29 is 9.53 Å². The lowest BCUT2D eigenvalue weighted by Gasteiger charge is -2.09. The summed E-state index contributed by atoms with van der Waals surface area (Å²) in [5.74, 6) is -0.165. The first kappa shape index (κ1) is 14.3. The third-order valence-corrected chi connectivity index (χ3v) is 3.90. The summed E-state index contributed by atoms with van der Waals surface area (Å²) in [4.78, 5) is 12.4. The van der Waals surface area contributed by atoms with Gasteiger partial charge in [0.25, 0.3) is 0 Å². The molecular weight excluding hydrogens is 270 g/mol. The Morgan fingerprint density at radius 2 is 2.05 bits per heavy atom. The standard InChI is InChI=1S/C16H15NO2S/c1-3-19-13-6-4-12(5-7-13)14(8-17)16(18)15-10-20-9-11(15)2/h4-7,9-10,14H,3H2,1-2H3. The van der Waals surface area contributed by atoms with Crippen molar-refractivity contribution in [1.82, 2.24) is 0 Å². The van der Waals surface area contributed by atoms with Crippen molar-refractivity contribution >= 4 is 17.1 Å². The number of thiophene rings is 1. The summed E-state index contributed by atoms with van der Waals surface area (Å²) >= 11 is 1.48. The van der Waals surface area contributed by atoms with E-state index in [0.717, 1.165) is 11.3 Å². The minimum absolute atomic E-state index is 0.143. The van der Waals surface area contributed by atoms with Crippen molar-refractivity contribution in [1.29, 1.82) is 5.26 Å². The van der Waals surface area contributed by atoms with Gasteiger partial charge >= 0.3 is 0 Å². The average Bonchev–Trinajstić information content (AvgIpc) is 2.88. The van der Waals surface area contributed by atoms with E-state index in [1.165, 1.54) is 11.3 Å². The van der Waals surface area contributed by atoms with Crippen molar-refractivity contribution in [3.05, 3.63) is 51.7 Å². The van der Waals surface area contributed by atoms with Crippen LogP contribution in [0.15, 0.2) is 35.0 Å². The monoisotopic (exact) mass is 285 g/mol. The molecule has 0 saturated carbocycles. The lowest BCUT2D eigenvalue weighted by atomic mass is 9.92. The molecule has 0 bridgehead atoms. The van der Waals surface area contributed by atoms with Crippen LogP contribution in [-0.4, -0.2) is 12.4 Å². The Morgan fingerprint density at radius 1 is 1.35 bits per heavy atom. The zero-order valence-corrected chi connectivity index (χ0v) is 12.2. The third kappa shape index (κ3) is 2.89. The van der Waals surface area contributed by atoms with Crippen LogP contribution in [0.3, 0.4) is 0 Å². The smallest absolute Gasteiger partial charge is 0.185 e. The summed E-state index contributed by atoms with van der Waals surface area (Å²) in [6.07, 6.45) is 0. The second-order valence-corrected chi connectivity index (χ2v) is 5.14. The largest absolute Gasteiger partial charge is 0.494 e. The number of hydrogen-bond donors (Lipinski definition) is 0. The van der Waals surface area contributed by atoms with Crippen LogP contribution < -0.4 is 4.74 Å². The van der Waals surface area contributed by atoms with E-state index in [1.807, 2.05) is 19.2 Å². The molecule has 0 radical (unpaired) electrons. The predicted octanol–water partition coefficient (Wildman–Crippen LogP) is 3.95. The summed E-state index contributed by atoms with van der Waals surface area (Å²) in [6, 6.07) is 9.23. The van der Waals surface area contributed by atoms with Crippen LogP contribution in [0.2, 0.25) is 0 Å². The van der Waals surface area contributed by atoms with Gasteiger partial charge in [-0.15, -0.1) is 0 Å². The van der Waals surface area contributed by atoms with E-state index in [4.69, 9.17) is 4.74 Å². The molecule has 1 aromatic carbocycles. The maximum atomic E-state index is 12.4. The number of nitrogens with zero attached hydrogens (tertiary/aromatic N) is 1. The Kier molecular flexibility index (Phi) is 4.54. The number of ether oxygens (including phenoxy) is 1. The van der Waals surface area contributed by atoms with E-state index < -0.39 is 5.92 Å². The Hall–Kier alpha value is -2.12. The van der Waals surface area contributed by atoms with Gasteiger partial charge in [-0.05, 0) is 42.5 Å². The van der Waals surface area contributed by atoms with Gasteiger partial charge in [-0.25, -0.2) is 0 Å². The number of ketones is 1. The minimum atomic E-state index is -0.765. The summed E-state index contributed by atoms with van der Waals surface area (Å²) < 4.78 is 5.36. The van der Waals surface area contributed by atoms with Gasteiger partial charge in [-0.1, -0.05) is 12.1 Å². The molecule has 2 aromatic rings. The molecule has 1 unspecified atom stereocenters. The van der Waals surface area contributed by atoms with E-state index in [2.05, 4.69) is 6.07 Å². The first-order valence-electron chi connectivity index (χ1n) is 6.36. The number of rotatable bonds is 5. The molecule has 0 aliphatic rings. The highest BCUT2D eigenvalue weighted by molar-refractivity contribution is 7.08. The predicted molar refractivity (Wildman–Crippen MR) is 79.4 cm³/mol. The van der Waals surface area contributed by atoms with Crippen LogP contribution in [0, 0.1) is 18.3 Å². The summed E-state index contributed by atoms with van der Waals surface area (Å²) in [7, 11) is 0. The first-order valence-corrected chi connectivity index (χ1v) is 7.31. The highest BCUT2D eigenvalue weighted by Gasteiger charge is 2.23. The maximum absolute atomic E-state index is 12.4. The second kappa shape index (κ2) is 6.36. The van der Waals surface area contributed by atoms with Crippen molar-refractivity contribution in [3.63, 3.8) is 0 Å². The average molecular weight is 285 g/mol. The van der Waals surface area contributed by atoms with Crippen molar-refractivity contribution in [2.75, 3.05) is 6.61 Å². The van der Waals surface area contributed by atoms with E-state index >= 15 is 0 Å². The summed E-state index contributed by atoms with van der Waals surface area (Å²) in [6.45, 7) is 4.39. The molecule has 0 saturated heterocycles. The molecule has 3 nitrogen and oxygen atoms in total. The van der Waals surface area contributed by atoms with Crippen molar-refractivity contribution in [3.8, 4) is 11.8 Å². The van der Waals surface area contributed by atoms with Crippen LogP contribution in [0.4, 0.5) is 0 Å².